The maximum absolute atomic E-state index is 13.5. The van der Waals surface area contributed by atoms with E-state index >= 15 is 0 Å². The highest BCUT2D eigenvalue weighted by Crippen LogP contribution is 2.34. The zero-order valence-corrected chi connectivity index (χ0v) is 20.8. The minimum atomic E-state index is -4.19. The van der Waals surface area contributed by atoms with Crippen LogP contribution in [0.5, 0.6) is 17.2 Å². The molecular weight excluding hydrogens is 487 g/mol. The lowest BCUT2D eigenvalue weighted by atomic mass is 10.1. The molecule has 1 heterocycles. The van der Waals surface area contributed by atoms with Gasteiger partial charge in [0, 0.05) is 6.07 Å². The molecule has 0 aliphatic carbocycles. The van der Waals surface area contributed by atoms with Crippen LogP contribution in [0.4, 0.5) is 10.1 Å². The van der Waals surface area contributed by atoms with Gasteiger partial charge in [0.25, 0.3) is 10.0 Å². The predicted octanol–water partition coefficient (Wildman–Crippen LogP) is 3.60. The monoisotopic (exact) mass is 514 g/mol. The van der Waals surface area contributed by atoms with Crippen molar-refractivity contribution in [1.82, 2.24) is 5.32 Å². The zero-order chi connectivity index (χ0) is 25.7. The highest BCUT2D eigenvalue weighted by molar-refractivity contribution is 7.92. The summed E-state index contributed by atoms with van der Waals surface area (Å²) in [5.41, 5.74) is 2.39. The summed E-state index contributed by atoms with van der Waals surface area (Å²) in [6, 6.07) is 14.8. The van der Waals surface area contributed by atoms with Gasteiger partial charge in [-0.3, -0.25) is 9.10 Å². The standard InChI is InChI=1S/C26H27FN2O6S/c1-18-3-8-22(15-19(18)2)33-12-11-28-26(30)17-29(21-6-4-20(27)5-7-21)36(31,32)23-9-10-24-25(16-23)35-14-13-34-24/h3-10,15-16H,11-14,17H2,1-2H3,(H,28,30). The molecule has 36 heavy (non-hydrogen) atoms. The van der Waals surface area contributed by atoms with Crippen LogP contribution in [0.3, 0.4) is 0 Å². The molecule has 8 nitrogen and oxygen atoms in total. The average Bonchev–Trinajstić information content (AvgIpc) is 2.87. The van der Waals surface area contributed by atoms with E-state index in [2.05, 4.69) is 5.32 Å². The molecule has 4 rings (SSSR count). The van der Waals surface area contributed by atoms with E-state index in [9.17, 15) is 17.6 Å². The molecule has 0 saturated carbocycles. The van der Waals surface area contributed by atoms with Crippen molar-refractivity contribution >= 4 is 21.6 Å². The van der Waals surface area contributed by atoms with Crippen molar-refractivity contribution in [3.8, 4) is 17.2 Å². The number of carbonyl (C=O) groups is 1. The first-order chi connectivity index (χ1) is 17.2. The number of anilines is 1. The van der Waals surface area contributed by atoms with E-state index in [1.165, 1.54) is 30.3 Å². The molecule has 190 valence electrons. The van der Waals surface area contributed by atoms with Crippen LogP contribution < -0.4 is 23.8 Å². The van der Waals surface area contributed by atoms with E-state index in [4.69, 9.17) is 14.2 Å². The van der Waals surface area contributed by atoms with Gasteiger partial charge in [-0.2, -0.15) is 0 Å². The molecule has 0 saturated heterocycles. The number of ether oxygens (including phenoxy) is 3. The number of halogens is 1. The molecule has 0 aromatic heterocycles. The third kappa shape index (κ3) is 5.88. The molecule has 0 fully saturated rings. The summed E-state index contributed by atoms with van der Waals surface area (Å²) in [6.07, 6.45) is 0. The first-order valence-electron chi connectivity index (χ1n) is 11.4. The second kappa shape index (κ2) is 10.9. The number of amides is 1. The van der Waals surface area contributed by atoms with Crippen molar-refractivity contribution in [3.05, 3.63) is 77.6 Å². The van der Waals surface area contributed by atoms with Gasteiger partial charge in [0.1, 0.15) is 37.9 Å². The predicted molar refractivity (Wildman–Crippen MR) is 133 cm³/mol. The molecule has 1 aliphatic heterocycles. The zero-order valence-electron chi connectivity index (χ0n) is 20.0. The number of fused-ring (bicyclic) bond motifs is 1. The second-order valence-electron chi connectivity index (χ2n) is 8.24. The molecule has 0 radical (unpaired) electrons. The molecule has 10 heteroatoms. The van der Waals surface area contributed by atoms with E-state index < -0.39 is 28.3 Å². The highest BCUT2D eigenvalue weighted by Gasteiger charge is 2.29. The Kier molecular flexibility index (Phi) is 7.64. The van der Waals surface area contributed by atoms with Gasteiger partial charge < -0.3 is 19.5 Å². The fourth-order valence-electron chi connectivity index (χ4n) is 3.58. The normalized spacial score (nSPS) is 12.6. The van der Waals surface area contributed by atoms with Crippen LogP contribution in [-0.4, -0.2) is 47.2 Å². The van der Waals surface area contributed by atoms with Crippen LogP contribution >= 0.6 is 0 Å². The number of hydrogen-bond acceptors (Lipinski definition) is 6. The van der Waals surface area contributed by atoms with Gasteiger partial charge >= 0.3 is 0 Å². The van der Waals surface area contributed by atoms with Crippen LogP contribution in [-0.2, 0) is 14.8 Å². The van der Waals surface area contributed by atoms with E-state index in [-0.39, 0.29) is 23.7 Å². The van der Waals surface area contributed by atoms with Crippen molar-refractivity contribution in [3.63, 3.8) is 0 Å². The van der Waals surface area contributed by atoms with E-state index in [0.717, 1.165) is 27.6 Å². The lowest BCUT2D eigenvalue weighted by Crippen LogP contribution is -2.42. The number of nitrogens with zero attached hydrogens (tertiary/aromatic N) is 1. The highest BCUT2D eigenvalue weighted by atomic mass is 32.2. The van der Waals surface area contributed by atoms with Gasteiger partial charge in [-0.05, 0) is 73.5 Å². The maximum atomic E-state index is 13.5. The Hall–Kier alpha value is -3.79. The van der Waals surface area contributed by atoms with Crippen molar-refractivity contribution < 1.29 is 31.8 Å². The molecule has 3 aromatic carbocycles. The number of sulfonamides is 1. The Labute approximate surface area is 209 Å². The van der Waals surface area contributed by atoms with Gasteiger partial charge in [0.2, 0.25) is 5.91 Å². The SMILES string of the molecule is Cc1ccc(OCCNC(=O)CN(c2ccc(F)cc2)S(=O)(=O)c2ccc3c(c2)OCCO3)cc1C. The number of benzene rings is 3. The van der Waals surface area contributed by atoms with Crippen LogP contribution in [0, 0.1) is 19.7 Å². The van der Waals surface area contributed by atoms with Crippen molar-refractivity contribution in [2.75, 3.05) is 37.2 Å². The van der Waals surface area contributed by atoms with Gasteiger partial charge in [0.15, 0.2) is 11.5 Å². The summed E-state index contributed by atoms with van der Waals surface area (Å²) in [6.45, 7) is 4.53. The van der Waals surface area contributed by atoms with E-state index in [1.807, 2.05) is 32.0 Å². The summed E-state index contributed by atoms with van der Waals surface area (Å²) in [7, 11) is -4.19. The van der Waals surface area contributed by atoms with Crippen LogP contribution in [0.15, 0.2) is 65.6 Å². The van der Waals surface area contributed by atoms with Crippen molar-refractivity contribution in [2.24, 2.45) is 0 Å². The van der Waals surface area contributed by atoms with Gasteiger partial charge in [0.05, 0.1) is 17.1 Å². The van der Waals surface area contributed by atoms with Crippen LogP contribution in [0.25, 0.3) is 0 Å². The summed E-state index contributed by atoms with van der Waals surface area (Å²) < 4.78 is 58.2. The summed E-state index contributed by atoms with van der Waals surface area (Å²) >= 11 is 0. The van der Waals surface area contributed by atoms with Crippen molar-refractivity contribution in [2.45, 2.75) is 18.7 Å². The quantitative estimate of drug-likeness (QED) is 0.439. The minimum absolute atomic E-state index is 0.0815. The van der Waals surface area contributed by atoms with Crippen molar-refractivity contribution in [1.29, 1.82) is 0 Å². The van der Waals surface area contributed by atoms with E-state index in [0.29, 0.717) is 30.5 Å². The summed E-state index contributed by atoms with van der Waals surface area (Å²) in [5, 5.41) is 2.68. The fourth-order valence-corrected chi connectivity index (χ4v) is 5.02. The topological polar surface area (TPSA) is 94.2 Å². The number of aryl methyl sites for hydroxylation is 2. The first-order valence-corrected chi connectivity index (χ1v) is 12.8. The summed E-state index contributed by atoms with van der Waals surface area (Å²) in [4.78, 5) is 12.6. The smallest absolute Gasteiger partial charge is 0.264 e. The largest absolute Gasteiger partial charge is 0.492 e. The molecule has 1 aliphatic rings. The Morgan fingerprint density at radius 2 is 1.69 bits per heavy atom. The second-order valence-corrected chi connectivity index (χ2v) is 10.1. The Morgan fingerprint density at radius 1 is 0.972 bits per heavy atom. The third-order valence-corrected chi connectivity index (χ3v) is 7.44. The Bertz CT molecular complexity index is 1350. The molecule has 1 amide bonds. The molecular formula is C26H27FN2O6S. The lowest BCUT2D eigenvalue weighted by molar-refractivity contribution is -0.119. The minimum Gasteiger partial charge on any atom is -0.492 e. The summed E-state index contributed by atoms with van der Waals surface area (Å²) in [5.74, 6) is 0.360. The maximum Gasteiger partial charge on any atom is 0.264 e. The van der Waals surface area contributed by atoms with Crippen LogP contribution in [0.2, 0.25) is 0 Å². The lowest BCUT2D eigenvalue weighted by Gasteiger charge is -2.25. The number of hydrogen-bond donors (Lipinski definition) is 1. The number of rotatable bonds is 9. The van der Waals surface area contributed by atoms with Gasteiger partial charge in [-0.15, -0.1) is 0 Å². The molecule has 0 bridgehead atoms. The average molecular weight is 515 g/mol. The fraction of sp³-hybridized carbons (Fsp3) is 0.269. The van der Waals surface area contributed by atoms with Gasteiger partial charge in [-0.25, -0.2) is 12.8 Å². The van der Waals surface area contributed by atoms with E-state index in [1.54, 1.807) is 0 Å². The van der Waals surface area contributed by atoms with Gasteiger partial charge in [-0.1, -0.05) is 6.07 Å². The third-order valence-electron chi connectivity index (χ3n) is 5.67. The Morgan fingerprint density at radius 3 is 2.42 bits per heavy atom. The molecule has 0 spiro atoms. The van der Waals surface area contributed by atoms with Crippen LogP contribution in [0.1, 0.15) is 11.1 Å². The molecule has 3 aromatic rings. The Balaban J connectivity index is 1.47. The molecule has 1 N–H and O–H groups in total. The number of carbonyl (C=O) groups excluding carboxylic acids is 1. The first kappa shape index (κ1) is 25.3. The molecule has 0 unspecified atom stereocenters. The number of nitrogens with one attached hydrogen (secondary N) is 1. The molecule has 0 atom stereocenters.